The number of aliphatic hydroxyl groups is 7. The first-order chi connectivity index (χ1) is 13.8. The first-order valence-electron chi connectivity index (χ1n) is 9.13. The minimum atomic E-state index is -1.70. The highest BCUT2D eigenvalue weighted by atomic mass is 16.8. The first kappa shape index (κ1) is 22.3. The highest BCUT2D eigenvalue weighted by Crippen LogP contribution is 2.47. The summed E-state index contributed by atoms with van der Waals surface area (Å²) in [6, 6.07) is 0. The van der Waals surface area contributed by atoms with E-state index < -0.39 is 86.1 Å². The summed E-state index contributed by atoms with van der Waals surface area (Å²) in [5, 5.41) is 69.7. The fourth-order valence-corrected chi connectivity index (χ4v) is 4.23. The van der Waals surface area contributed by atoms with Gasteiger partial charge in [0.25, 0.3) is 0 Å². The smallest absolute Gasteiger partial charge is 0.337 e. The maximum Gasteiger partial charge on any atom is 0.337 e. The normalized spacial score (nSPS) is 47.2. The molecule has 12 nitrogen and oxygen atoms in total. The Balaban J connectivity index is 1.87. The lowest BCUT2D eigenvalue weighted by molar-refractivity contribution is -0.343. The van der Waals surface area contributed by atoms with E-state index in [9.17, 15) is 40.5 Å². The Labute approximate surface area is 165 Å². The molecule has 1 saturated carbocycles. The number of hydrogen-bond acceptors (Lipinski definition) is 12. The van der Waals surface area contributed by atoms with Gasteiger partial charge in [-0.2, -0.15) is 0 Å². The van der Waals surface area contributed by atoms with Gasteiger partial charge in [-0.3, -0.25) is 0 Å². The van der Waals surface area contributed by atoms with E-state index in [1.807, 2.05) is 0 Å². The molecule has 2 aliphatic heterocycles. The van der Waals surface area contributed by atoms with Crippen molar-refractivity contribution in [2.75, 3.05) is 20.3 Å². The molecule has 2 heterocycles. The summed E-state index contributed by atoms with van der Waals surface area (Å²) < 4.78 is 21.0. The monoisotopic (exact) mass is 422 g/mol. The van der Waals surface area contributed by atoms with Crippen LogP contribution in [-0.4, -0.2) is 111 Å². The number of aliphatic hydroxyl groups excluding tert-OH is 7. The fourth-order valence-electron chi connectivity index (χ4n) is 4.23. The topological polar surface area (TPSA) is 196 Å². The average molecular weight is 422 g/mol. The molecular formula is C17H26O12. The number of carbonyl (C=O) groups excluding carboxylic acids is 1. The lowest BCUT2D eigenvalue weighted by Gasteiger charge is -2.43. The van der Waals surface area contributed by atoms with Crippen molar-refractivity contribution in [3.63, 3.8) is 0 Å². The summed E-state index contributed by atoms with van der Waals surface area (Å²) in [4.78, 5) is 12.0. The van der Waals surface area contributed by atoms with Gasteiger partial charge in [0.1, 0.15) is 24.4 Å². The van der Waals surface area contributed by atoms with Crippen molar-refractivity contribution in [1.29, 1.82) is 0 Å². The third kappa shape index (κ3) is 3.76. The molecule has 1 saturated heterocycles. The van der Waals surface area contributed by atoms with Gasteiger partial charge in [0, 0.05) is 24.4 Å². The van der Waals surface area contributed by atoms with Crippen LogP contribution in [0.3, 0.4) is 0 Å². The van der Waals surface area contributed by atoms with Crippen LogP contribution in [0.4, 0.5) is 0 Å². The van der Waals surface area contributed by atoms with E-state index in [2.05, 4.69) is 4.74 Å². The van der Waals surface area contributed by atoms with Gasteiger partial charge < -0.3 is 54.7 Å². The quantitative estimate of drug-likeness (QED) is 0.211. The van der Waals surface area contributed by atoms with E-state index in [1.165, 1.54) is 0 Å². The molecule has 0 aromatic rings. The van der Waals surface area contributed by atoms with Gasteiger partial charge in [-0.1, -0.05) is 0 Å². The highest BCUT2D eigenvalue weighted by Gasteiger charge is 2.58. The molecular weight excluding hydrogens is 396 g/mol. The van der Waals surface area contributed by atoms with Crippen molar-refractivity contribution >= 4 is 5.97 Å². The Morgan fingerprint density at radius 3 is 2.24 bits per heavy atom. The maximum atomic E-state index is 12.0. The van der Waals surface area contributed by atoms with E-state index in [4.69, 9.17) is 14.2 Å². The van der Waals surface area contributed by atoms with Crippen LogP contribution in [0.15, 0.2) is 11.8 Å². The van der Waals surface area contributed by atoms with Crippen molar-refractivity contribution in [3.05, 3.63) is 11.8 Å². The van der Waals surface area contributed by atoms with Crippen LogP contribution in [0, 0.1) is 17.8 Å². The second-order valence-corrected chi connectivity index (χ2v) is 7.33. The van der Waals surface area contributed by atoms with Crippen LogP contribution < -0.4 is 0 Å². The number of fused-ring (bicyclic) bond motifs is 1. The molecule has 0 unspecified atom stereocenters. The third-order valence-corrected chi connectivity index (χ3v) is 5.82. The Hall–Kier alpha value is -1.35. The van der Waals surface area contributed by atoms with Crippen LogP contribution in [0.25, 0.3) is 0 Å². The van der Waals surface area contributed by atoms with Crippen LogP contribution in [-0.2, 0) is 23.7 Å². The zero-order valence-electron chi connectivity index (χ0n) is 15.5. The summed E-state index contributed by atoms with van der Waals surface area (Å²) in [6.45, 7) is -1.22. The molecule has 12 heteroatoms. The SMILES string of the molecule is COC(=O)C1=CO[C@@H](O[C@@H]2O[C@H](CO)[C@@H](O)[C@H](O)[C@H]2O)[C@H]2[C@@H](CO)[C@@H](O)[C@@H](O)[C@H]12. The van der Waals surface area contributed by atoms with Crippen molar-refractivity contribution in [2.45, 2.75) is 49.2 Å². The average Bonchev–Trinajstić information content (AvgIpc) is 2.98. The van der Waals surface area contributed by atoms with Crippen molar-refractivity contribution < 1.29 is 59.5 Å². The van der Waals surface area contributed by atoms with Crippen molar-refractivity contribution in [3.8, 4) is 0 Å². The summed E-state index contributed by atoms with van der Waals surface area (Å²) >= 11 is 0. The molecule has 1 aliphatic carbocycles. The predicted molar refractivity (Wildman–Crippen MR) is 89.4 cm³/mol. The van der Waals surface area contributed by atoms with Crippen LogP contribution in [0.5, 0.6) is 0 Å². The van der Waals surface area contributed by atoms with Gasteiger partial charge in [-0.15, -0.1) is 0 Å². The van der Waals surface area contributed by atoms with Crippen molar-refractivity contribution in [2.24, 2.45) is 17.8 Å². The van der Waals surface area contributed by atoms with Gasteiger partial charge in [0.15, 0.2) is 6.29 Å². The van der Waals surface area contributed by atoms with E-state index in [0.717, 1.165) is 13.4 Å². The number of ether oxygens (including phenoxy) is 4. The number of rotatable bonds is 5. The summed E-state index contributed by atoms with van der Waals surface area (Å²) in [7, 11) is 1.13. The molecule has 166 valence electrons. The van der Waals surface area contributed by atoms with Crippen molar-refractivity contribution in [1.82, 2.24) is 0 Å². The van der Waals surface area contributed by atoms with Crippen LogP contribution >= 0.6 is 0 Å². The molecule has 0 radical (unpaired) electrons. The number of carbonyl (C=O) groups is 1. The molecule has 3 rings (SSSR count). The second-order valence-electron chi connectivity index (χ2n) is 7.33. The zero-order chi connectivity index (χ0) is 21.5. The molecule has 0 spiro atoms. The van der Waals surface area contributed by atoms with E-state index >= 15 is 0 Å². The molecule has 11 atom stereocenters. The minimum absolute atomic E-state index is 0.0614. The third-order valence-electron chi connectivity index (χ3n) is 5.82. The molecule has 2 fully saturated rings. The summed E-state index contributed by atoms with van der Waals surface area (Å²) in [5.41, 5.74) is -0.0614. The fraction of sp³-hybridized carbons (Fsp3) is 0.824. The van der Waals surface area contributed by atoms with Gasteiger partial charge in [0.05, 0.1) is 37.8 Å². The van der Waals surface area contributed by atoms with E-state index in [-0.39, 0.29) is 5.57 Å². The van der Waals surface area contributed by atoms with Crippen LogP contribution in [0.2, 0.25) is 0 Å². The Bertz CT molecular complexity index is 624. The first-order valence-corrected chi connectivity index (χ1v) is 9.13. The highest BCUT2D eigenvalue weighted by molar-refractivity contribution is 5.89. The lowest BCUT2D eigenvalue weighted by Crippen LogP contribution is -2.60. The van der Waals surface area contributed by atoms with Gasteiger partial charge in [-0.25, -0.2) is 4.79 Å². The molecule has 0 aromatic carbocycles. The number of hydrogen-bond donors (Lipinski definition) is 7. The molecule has 0 amide bonds. The Kier molecular flexibility index (Phi) is 6.77. The standard InChI is InChI=1S/C17H26O12/c1-26-15(25)6-4-27-16(9-5(2-18)10(20)12(22)8(6)9)29-17-14(24)13(23)11(21)7(3-19)28-17/h4-5,7-14,16-24H,2-3H2,1H3/t5-,7-,8-,9+,10-,11-,12+,13+,14-,16+,17+/m1/s1. The molecule has 0 aromatic heterocycles. The zero-order valence-corrected chi connectivity index (χ0v) is 15.5. The van der Waals surface area contributed by atoms with Gasteiger partial charge in [-0.05, 0) is 0 Å². The summed E-state index contributed by atoms with van der Waals surface area (Å²) in [5.74, 6) is -3.68. The second kappa shape index (κ2) is 8.79. The number of methoxy groups -OCH3 is 1. The van der Waals surface area contributed by atoms with Gasteiger partial charge in [0.2, 0.25) is 6.29 Å². The largest absolute Gasteiger partial charge is 0.472 e. The summed E-state index contributed by atoms with van der Waals surface area (Å²) in [6.07, 6.45) is -10.9. The van der Waals surface area contributed by atoms with E-state index in [0.29, 0.717) is 0 Å². The molecule has 29 heavy (non-hydrogen) atoms. The Morgan fingerprint density at radius 1 is 0.966 bits per heavy atom. The van der Waals surface area contributed by atoms with Crippen LogP contribution in [0.1, 0.15) is 0 Å². The number of esters is 1. The molecule has 3 aliphatic rings. The van der Waals surface area contributed by atoms with Gasteiger partial charge >= 0.3 is 5.97 Å². The minimum Gasteiger partial charge on any atom is -0.472 e. The molecule has 0 bridgehead atoms. The van der Waals surface area contributed by atoms with E-state index in [1.54, 1.807) is 0 Å². The predicted octanol–water partition coefficient (Wildman–Crippen LogP) is -4.21. The lowest BCUT2D eigenvalue weighted by atomic mass is 9.82. The maximum absolute atomic E-state index is 12.0. The Morgan fingerprint density at radius 2 is 1.66 bits per heavy atom. The molecule has 7 N–H and O–H groups in total.